The fourth-order valence-corrected chi connectivity index (χ4v) is 9.98. The molecule has 0 unspecified atom stereocenters. The molecule has 73 heavy (non-hydrogen) atoms. The fourth-order valence-electron chi connectivity index (χ4n) is 9.01. The zero-order valence-electron chi connectivity index (χ0n) is 40.8. The molecular weight excluding hydrogens is 941 g/mol. The minimum Gasteiger partial charge on any atom is -0.368 e. The number of aromatic nitrogens is 1. The van der Waals surface area contributed by atoms with Crippen LogP contribution in [0, 0.1) is 0 Å². The van der Waals surface area contributed by atoms with Crippen LogP contribution in [-0.4, -0.2) is 89.8 Å². The number of thiophene rings is 1. The van der Waals surface area contributed by atoms with Gasteiger partial charge in [-0.05, 0) is 101 Å². The van der Waals surface area contributed by atoms with Crippen LogP contribution in [0.4, 0.5) is 0 Å². The molecule has 16 nitrogen and oxygen atoms in total. The number of nitrogens with one attached hydrogen (secondary N) is 6. The molecule has 17 heteroatoms. The molecule has 0 bridgehead atoms. The van der Waals surface area contributed by atoms with Crippen LogP contribution < -0.4 is 49.5 Å². The molecule has 0 fully saturated rings. The number of amides is 6. The number of carbonyl (C=O) groups is 6. The van der Waals surface area contributed by atoms with Crippen molar-refractivity contribution in [3.05, 3.63) is 155 Å². The molecule has 2 heterocycles. The summed E-state index contributed by atoms with van der Waals surface area (Å²) in [6.07, 6.45) is 4.97. The van der Waals surface area contributed by atoms with Gasteiger partial charge in [0.15, 0.2) is 0 Å². The number of H-pyrrole nitrogens is 1. The van der Waals surface area contributed by atoms with Crippen LogP contribution >= 0.6 is 11.3 Å². The highest BCUT2D eigenvalue weighted by Crippen LogP contribution is 2.27. The average Bonchev–Trinajstić information content (AvgIpc) is 4.01. The highest BCUT2D eigenvalue weighted by molar-refractivity contribution is 7.17. The van der Waals surface area contributed by atoms with E-state index in [0.29, 0.717) is 50.8 Å². The van der Waals surface area contributed by atoms with E-state index in [-0.39, 0.29) is 32.1 Å². The first kappa shape index (κ1) is 53.4. The molecule has 14 N–H and O–H groups in total. The van der Waals surface area contributed by atoms with Gasteiger partial charge in [-0.25, -0.2) is 0 Å². The van der Waals surface area contributed by atoms with Crippen molar-refractivity contribution >= 4 is 78.5 Å². The molecule has 0 aliphatic carbocycles. The lowest BCUT2D eigenvalue weighted by Crippen LogP contribution is -2.60. The van der Waals surface area contributed by atoms with Crippen molar-refractivity contribution in [3.8, 4) is 0 Å². The average molecular weight is 1010 g/mol. The topological polar surface area (TPSA) is 282 Å². The van der Waals surface area contributed by atoms with Crippen molar-refractivity contribution in [2.45, 2.75) is 100 Å². The van der Waals surface area contributed by atoms with E-state index in [1.807, 2.05) is 127 Å². The summed E-state index contributed by atoms with van der Waals surface area (Å²) in [5.41, 5.74) is 27.3. The van der Waals surface area contributed by atoms with E-state index in [4.69, 9.17) is 22.9 Å². The summed E-state index contributed by atoms with van der Waals surface area (Å²) in [6, 6.07) is 31.1. The standard InChI is InChI=1S/C56H66N10O6S/c57-26-12-10-20-43(59)52(68)63-49(32-40-34-73-50-23-9-7-19-42(40)50)56(72)64-46(29-35-14-2-1-3-15-35)54(70)66-48(31-39-33-61-44-21-8-6-18-41(39)44)55(71)65-47(53(69)62-45(51(60)67)22-11-13-27-58)30-36-24-25-37-16-4-5-17-38(37)28-36/h1-9,14-19,21,23-25,28,33-34,43,45-49,61H,10-13,20,22,26-27,29-32,57-59H2,(H2,60,67)(H,62,69)(H,63,68)(H,64,72)(H,65,71)(H,66,70)/t43-,45-,46-,47+,48+,49+/m0/s1. The molecule has 0 spiro atoms. The Morgan fingerprint density at radius 3 is 1.67 bits per heavy atom. The minimum atomic E-state index is -1.30. The largest absolute Gasteiger partial charge is 0.368 e. The Bertz CT molecular complexity index is 3000. The Kier molecular flexibility index (Phi) is 19.2. The molecule has 0 saturated carbocycles. The lowest BCUT2D eigenvalue weighted by molar-refractivity contribution is -0.135. The van der Waals surface area contributed by atoms with Crippen LogP contribution in [-0.2, 0) is 54.5 Å². The number of rotatable bonds is 27. The highest BCUT2D eigenvalue weighted by Gasteiger charge is 2.34. The predicted octanol–water partition coefficient (Wildman–Crippen LogP) is 4.30. The monoisotopic (exact) mass is 1010 g/mol. The van der Waals surface area contributed by atoms with Crippen molar-refractivity contribution in [1.82, 2.24) is 31.6 Å². The molecule has 0 radical (unpaired) electrons. The van der Waals surface area contributed by atoms with Crippen molar-refractivity contribution in [2.75, 3.05) is 13.1 Å². The van der Waals surface area contributed by atoms with Gasteiger partial charge >= 0.3 is 0 Å². The van der Waals surface area contributed by atoms with E-state index >= 15 is 0 Å². The first-order chi connectivity index (χ1) is 35.4. The van der Waals surface area contributed by atoms with Crippen LogP contribution in [0.25, 0.3) is 31.8 Å². The third-order valence-corrected chi connectivity index (χ3v) is 14.1. The Morgan fingerprint density at radius 1 is 0.493 bits per heavy atom. The Balaban J connectivity index is 1.20. The van der Waals surface area contributed by atoms with E-state index < -0.39 is 71.7 Å². The number of para-hydroxylation sites is 1. The third-order valence-electron chi connectivity index (χ3n) is 13.1. The second kappa shape index (κ2) is 26.3. The number of benzene rings is 5. The number of fused-ring (bicyclic) bond motifs is 3. The number of hydrogen-bond acceptors (Lipinski definition) is 10. The molecule has 7 rings (SSSR count). The van der Waals surface area contributed by atoms with Crippen molar-refractivity contribution in [3.63, 3.8) is 0 Å². The summed E-state index contributed by atoms with van der Waals surface area (Å²) >= 11 is 1.52. The predicted molar refractivity (Wildman–Crippen MR) is 288 cm³/mol. The molecule has 0 saturated heterocycles. The van der Waals surface area contributed by atoms with Gasteiger partial charge in [0, 0.05) is 47.5 Å². The zero-order chi connectivity index (χ0) is 51.7. The van der Waals surface area contributed by atoms with Crippen LogP contribution in [0.2, 0.25) is 0 Å². The van der Waals surface area contributed by atoms with Crippen LogP contribution in [0.15, 0.2) is 133 Å². The van der Waals surface area contributed by atoms with Gasteiger partial charge in [-0.2, -0.15) is 0 Å². The van der Waals surface area contributed by atoms with E-state index in [1.54, 1.807) is 6.20 Å². The SMILES string of the molecule is NCCCC[C@H](NC(=O)[C@@H](Cc1ccc2ccccc2c1)NC(=O)[C@@H](Cc1c[nH]c2ccccc12)NC(=O)[C@H](Cc1ccccc1)NC(=O)[C@@H](Cc1csc2ccccc12)NC(=O)[C@@H](N)CCCCN)C(N)=O. The summed E-state index contributed by atoms with van der Waals surface area (Å²) < 4.78 is 1.01. The number of unbranched alkanes of at least 4 members (excludes halogenated alkanes) is 2. The lowest BCUT2D eigenvalue weighted by atomic mass is 9.98. The number of hydrogen-bond donors (Lipinski definition) is 10. The second-order valence-corrected chi connectivity index (χ2v) is 19.4. The maximum absolute atomic E-state index is 15.0. The van der Waals surface area contributed by atoms with Gasteiger partial charge in [-0.3, -0.25) is 28.8 Å². The number of nitrogens with two attached hydrogens (primary N) is 4. The smallest absolute Gasteiger partial charge is 0.243 e. The van der Waals surface area contributed by atoms with Crippen LogP contribution in [0.5, 0.6) is 0 Å². The molecule has 382 valence electrons. The van der Waals surface area contributed by atoms with E-state index in [0.717, 1.165) is 48.5 Å². The molecule has 2 aromatic heterocycles. The molecule has 0 aliphatic rings. The van der Waals surface area contributed by atoms with Gasteiger partial charge < -0.3 is 54.5 Å². The summed E-state index contributed by atoms with van der Waals surface area (Å²) in [5, 5.41) is 20.1. The Labute approximate surface area is 428 Å². The summed E-state index contributed by atoms with van der Waals surface area (Å²) in [5.74, 6) is -3.90. The van der Waals surface area contributed by atoms with E-state index in [1.165, 1.54) is 11.3 Å². The number of aromatic amines is 1. The maximum Gasteiger partial charge on any atom is 0.243 e. The van der Waals surface area contributed by atoms with Gasteiger partial charge in [0.2, 0.25) is 35.4 Å². The van der Waals surface area contributed by atoms with Gasteiger partial charge in [0.05, 0.1) is 6.04 Å². The van der Waals surface area contributed by atoms with Gasteiger partial charge in [0.25, 0.3) is 0 Å². The maximum atomic E-state index is 15.0. The van der Waals surface area contributed by atoms with Crippen molar-refractivity contribution in [1.29, 1.82) is 0 Å². The lowest BCUT2D eigenvalue weighted by Gasteiger charge is -2.27. The minimum absolute atomic E-state index is 0.0200. The van der Waals surface area contributed by atoms with E-state index in [9.17, 15) is 28.8 Å². The van der Waals surface area contributed by atoms with Gasteiger partial charge in [-0.15, -0.1) is 11.3 Å². The molecule has 7 aromatic rings. The van der Waals surface area contributed by atoms with Crippen molar-refractivity contribution < 1.29 is 28.8 Å². The molecule has 5 aromatic carbocycles. The van der Waals surface area contributed by atoms with Gasteiger partial charge in [-0.1, -0.05) is 116 Å². The summed E-state index contributed by atoms with van der Waals surface area (Å²) in [6.45, 7) is 0.849. The number of carbonyl (C=O) groups excluding carboxylic acids is 6. The summed E-state index contributed by atoms with van der Waals surface area (Å²) in [7, 11) is 0. The first-order valence-corrected chi connectivity index (χ1v) is 25.8. The van der Waals surface area contributed by atoms with Crippen LogP contribution in [0.3, 0.4) is 0 Å². The molecule has 0 aliphatic heterocycles. The highest BCUT2D eigenvalue weighted by atomic mass is 32.1. The third kappa shape index (κ3) is 14.8. The van der Waals surface area contributed by atoms with Crippen LogP contribution in [0.1, 0.15) is 60.8 Å². The first-order valence-electron chi connectivity index (χ1n) is 24.9. The Morgan fingerprint density at radius 2 is 1.01 bits per heavy atom. The molecule has 6 atom stereocenters. The number of primary amides is 1. The molecular formula is C56H66N10O6S. The normalized spacial score (nSPS) is 13.8. The Hall–Kier alpha value is -7.44. The quantitative estimate of drug-likeness (QED) is 0.0329. The van der Waals surface area contributed by atoms with Gasteiger partial charge in [0.1, 0.15) is 30.2 Å². The van der Waals surface area contributed by atoms with E-state index in [2.05, 4.69) is 31.6 Å². The second-order valence-electron chi connectivity index (χ2n) is 18.5. The zero-order valence-corrected chi connectivity index (χ0v) is 41.6. The van der Waals surface area contributed by atoms with Crippen molar-refractivity contribution in [2.24, 2.45) is 22.9 Å². The fraction of sp³-hybridized carbons (Fsp3) is 0.321. The summed E-state index contributed by atoms with van der Waals surface area (Å²) in [4.78, 5) is 88.6. The molecule has 6 amide bonds.